The van der Waals surface area contributed by atoms with Gasteiger partial charge in [0.1, 0.15) is 17.5 Å². The van der Waals surface area contributed by atoms with Gasteiger partial charge in [0.2, 0.25) is 0 Å². The van der Waals surface area contributed by atoms with Crippen molar-refractivity contribution < 1.29 is 0 Å². The van der Waals surface area contributed by atoms with Crippen LogP contribution in [-0.2, 0) is 6.54 Å². The van der Waals surface area contributed by atoms with Crippen molar-refractivity contribution in [2.45, 2.75) is 27.3 Å². The summed E-state index contributed by atoms with van der Waals surface area (Å²) in [6, 6.07) is 2.06. The van der Waals surface area contributed by atoms with E-state index in [-0.39, 0.29) is 0 Å². The molecule has 1 N–H and O–H groups in total. The van der Waals surface area contributed by atoms with Gasteiger partial charge in [0.15, 0.2) is 5.82 Å². The summed E-state index contributed by atoms with van der Waals surface area (Å²) < 4.78 is 0. The van der Waals surface area contributed by atoms with E-state index in [1.54, 1.807) is 0 Å². The van der Waals surface area contributed by atoms with Crippen LogP contribution in [0.4, 0.5) is 5.82 Å². The maximum Gasteiger partial charge on any atom is 0.164 e. The molecule has 0 spiro atoms. The molecule has 3 rings (SSSR count). The molecule has 1 saturated heterocycles. The Morgan fingerprint density at radius 2 is 1.81 bits per heavy atom. The Kier molecular flexibility index (Phi) is 3.83. The number of nitrogens with zero attached hydrogens (tertiary/aromatic N) is 6. The highest BCUT2D eigenvalue weighted by Crippen LogP contribution is 2.15. The third kappa shape index (κ3) is 3.36. The van der Waals surface area contributed by atoms with Crippen LogP contribution in [0.1, 0.15) is 23.2 Å². The maximum absolute atomic E-state index is 4.54. The lowest BCUT2D eigenvalue weighted by Crippen LogP contribution is -2.46. The number of hydrogen-bond donors (Lipinski definition) is 1. The van der Waals surface area contributed by atoms with E-state index in [1.807, 2.05) is 20.8 Å². The average Bonchev–Trinajstić information content (AvgIpc) is 2.84. The molecule has 112 valence electrons. The van der Waals surface area contributed by atoms with Crippen LogP contribution < -0.4 is 4.90 Å². The average molecular weight is 287 g/mol. The lowest BCUT2D eigenvalue weighted by Gasteiger charge is -2.34. The van der Waals surface area contributed by atoms with E-state index in [1.165, 1.54) is 0 Å². The van der Waals surface area contributed by atoms with Gasteiger partial charge >= 0.3 is 0 Å². The Labute approximate surface area is 124 Å². The van der Waals surface area contributed by atoms with Crippen LogP contribution in [0, 0.1) is 20.8 Å². The third-order valence-electron chi connectivity index (χ3n) is 3.66. The molecule has 0 unspecified atom stereocenters. The van der Waals surface area contributed by atoms with Crippen LogP contribution in [0.5, 0.6) is 0 Å². The van der Waals surface area contributed by atoms with E-state index < -0.39 is 0 Å². The van der Waals surface area contributed by atoms with Gasteiger partial charge in [-0.15, -0.1) is 0 Å². The first-order valence-electron chi connectivity index (χ1n) is 7.27. The van der Waals surface area contributed by atoms with Crippen molar-refractivity contribution in [3.63, 3.8) is 0 Å². The molecule has 0 radical (unpaired) electrons. The van der Waals surface area contributed by atoms with Gasteiger partial charge in [-0.2, -0.15) is 5.10 Å². The van der Waals surface area contributed by atoms with Gasteiger partial charge in [0, 0.05) is 37.9 Å². The Bertz CT molecular complexity index is 593. The van der Waals surface area contributed by atoms with E-state index >= 15 is 0 Å². The largest absolute Gasteiger partial charge is 0.354 e. The molecule has 0 amide bonds. The number of aromatic nitrogens is 5. The molecule has 0 saturated carbocycles. The Morgan fingerprint density at radius 1 is 1.05 bits per heavy atom. The molecule has 1 fully saturated rings. The Hall–Kier alpha value is -2.02. The van der Waals surface area contributed by atoms with Crippen LogP contribution in [-0.4, -0.2) is 56.2 Å². The molecule has 0 bridgehead atoms. The van der Waals surface area contributed by atoms with Gasteiger partial charge in [0.25, 0.3) is 0 Å². The first-order valence-corrected chi connectivity index (χ1v) is 7.27. The molecule has 2 aromatic rings. The lowest BCUT2D eigenvalue weighted by molar-refractivity contribution is 0.243. The zero-order chi connectivity index (χ0) is 14.8. The number of aryl methyl sites for hydroxylation is 3. The van der Waals surface area contributed by atoms with Gasteiger partial charge in [-0.05, 0) is 20.8 Å². The summed E-state index contributed by atoms with van der Waals surface area (Å²) in [6.07, 6.45) is 0. The molecular formula is C14H21N7. The molecule has 0 aliphatic carbocycles. The minimum Gasteiger partial charge on any atom is -0.354 e. The van der Waals surface area contributed by atoms with Gasteiger partial charge in [-0.1, -0.05) is 0 Å². The number of rotatable bonds is 3. The van der Waals surface area contributed by atoms with Crippen molar-refractivity contribution in [1.29, 1.82) is 0 Å². The van der Waals surface area contributed by atoms with Crippen molar-refractivity contribution in [3.8, 4) is 0 Å². The smallest absolute Gasteiger partial charge is 0.164 e. The van der Waals surface area contributed by atoms with Crippen molar-refractivity contribution in [3.05, 3.63) is 29.2 Å². The molecule has 7 nitrogen and oxygen atoms in total. The number of hydrogen-bond acceptors (Lipinski definition) is 6. The molecule has 21 heavy (non-hydrogen) atoms. The minimum atomic E-state index is 0.806. The summed E-state index contributed by atoms with van der Waals surface area (Å²) in [5.74, 6) is 3.61. The minimum absolute atomic E-state index is 0.806. The number of piperazine rings is 1. The highest BCUT2D eigenvalue weighted by atomic mass is 15.3. The summed E-state index contributed by atoms with van der Waals surface area (Å²) in [5, 5.41) is 7.09. The van der Waals surface area contributed by atoms with E-state index in [4.69, 9.17) is 0 Å². The van der Waals surface area contributed by atoms with Crippen molar-refractivity contribution >= 4 is 5.82 Å². The summed E-state index contributed by atoms with van der Waals surface area (Å²) in [7, 11) is 0. The van der Waals surface area contributed by atoms with Gasteiger partial charge in [-0.25, -0.2) is 15.0 Å². The first-order chi connectivity index (χ1) is 10.1. The van der Waals surface area contributed by atoms with Gasteiger partial charge in [0.05, 0.1) is 6.54 Å². The quantitative estimate of drug-likeness (QED) is 0.902. The van der Waals surface area contributed by atoms with E-state index in [0.717, 1.165) is 61.7 Å². The van der Waals surface area contributed by atoms with Crippen LogP contribution in [0.3, 0.4) is 0 Å². The Morgan fingerprint density at radius 3 is 2.43 bits per heavy atom. The van der Waals surface area contributed by atoms with Gasteiger partial charge < -0.3 is 4.90 Å². The number of nitrogens with one attached hydrogen (secondary N) is 1. The normalized spacial score (nSPS) is 16.4. The summed E-state index contributed by atoms with van der Waals surface area (Å²) >= 11 is 0. The molecule has 0 atom stereocenters. The monoisotopic (exact) mass is 287 g/mol. The fourth-order valence-corrected chi connectivity index (χ4v) is 2.65. The van der Waals surface area contributed by atoms with Crippen LogP contribution in [0.2, 0.25) is 0 Å². The lowest BCUT2D eigenvalue weighted by atomic mass is 10.3. The standard InChI is InChI=1S/C14H21N7/c1-10-8-14(17-11(2)15-10)21-6-4-20(5-7-21)9-13-16-12(3)18-19-13/h8H,4-7,9H2,1-3H3,(H,16,18,19). The second-order valence-electron chi connectivity index (χ2n) is 5.51. The van der Waals surface area contributed by atoms with Crippen molar-refractivity contribution in [2.24, 2.45) is 0 Å². The highest BCUT2D eigenvalue weighted by Gasteiger charge is 2.19. The fraction of sp³-hybridized carbons (Fsp3) is 0.571. The van der Waals surface area contributed by atoms with E-state index in [9.17, 15) is 0 Å². The van der Waals surface area contributed by atoms with Crippen LogP contribution in [0.15, 0.2) is 6.07 Å². The van der Waals surface area contributed by atoms with Crippen LogP contribution in [0.25, 0.3) is 0 Å². The SMILES string of the molecule is Cc1cc(N2CCN(Cc3n[nH]c(C)n3)CC2)nc(C)n1. The fourth-order valence-electron chi connectivity index (χ4n) is 2.65. The maximum atomic E-state index is 4.54. The predicted octanol–water partition coefficient (Wildman–Crippen LogP) is 0.842. The van der Waals surface area contributed by atoms with Crippen molar-refractivity contribution in [2.75, 3.05) is 31.1 Å². The molecule has 2 aromatic heterocycles. The molecule has 1 aliphatic rings. The summed E-state index contributed by atoms with van der Waals surface area (Å²) in [5.41, 5.74) is 1.02. The third-order valence-corrected chi connectivity index (χ3v) is 3.66. The zero-order valence-corrected chi connectivity index (χ0v) is 12.8. The molecule has 1 aliphatic heterocycles. The first kappa shape index (κ1) is 13.9. The predicted molar refractivity (Wildman–Crippen MR) is 80.1 cm³/mol. The number of anilines is 1. The second-order valence-corrected chi connectivity index (χ2v) is 5.51. The molecule has 0 aromatic carbocycles. The summed E-state index contributed by atoms with van der Waals surface area (Å²) in [4.78, 5) is 17.9. The van der Waals surface area contributed by atoms with Crippen LogP contribution >= 0.6 is 0 Å². The number of aromatic amines is 1. The summed E-state index contributed by atoms with van der Waals surface area (Å²) in [6.45, 7) is 10.6. The Balaban J connectivity index is 1.59. The topological polar surface area (TPSA) is 73.8 Å². The van der Waals surface area contributed by atoms with Gasteiger partial charge in [-0.3, -0.25) is 10.00 Å². The van der Waals surface area contributed by atoms with E-state index in [2.05, 4.69) is 41.0 Å². The number of H-pyrrole nitrogens is 1. The van der Waals surface area contributed by atoms with Crippen molar-refractivity contribution in [1.82, 2.24) is 30.0 Å². The van der Waals surface area contributed by atoms with E-state index in [0.29, 0.717) is 0 Å². The molecular weight excluding hydrogens is 266 g/mol. The molecule has 7 heteroatoms. The second kappa shape index (κ2) is 5.77. The highest BCUT2D eigenvalue weighted by molar-refractivity contribution is 5.40. The molecule has 3 heterocycles. The zero-order valence-electron chi connectivity index (χ0n) is 12.8.